The highest BCUT2D eigenvalue weighted by molar-refractivity contribution is 5.90. The van der Waals surface area contributed by atoms with E-state index < -0.39 is 0 Å². The van der Waals surface area contributed by atoms with Crippen LogP contribution in [-0.4, -0.2) is 21.0 Å². The molecular weight excluding hydrogens is 362 g/mol. The van der Waals surface area contributed by atoms with Gasteiger partial charge in [-0.05, 0) is 42.4 Å². The van der Waals surface area contributed by atoms with Gasteiger partial charge in [-0.15, -0.1) is 0 Å². The van der Waals surface area contributed by atoms with Gasteiger partial charge >= 0.3 is 0 Å². The smallest absolute Gasteiger partial charge is 0.225 e. The molecule has 1 aliphatic rings. The molecule has 2 N–H and O–H groups in total. The molecule has 2 aromatic carbocycles. The molecule has 0 saturated heterocycles. The van der Waals surface area contributed by atoms with Crippen LogP contribution in [0.25, 0.3) is 11.3 Å². The number of anilines is 1. The second-order valence-corrected chi connectivity index (χ2v) is 7.35. The summed E-state index contributed by atoms with van der Waals surface area (Å²) in [4.78, 5) is 22.1. The Morgan fingerprint density at radius 1 is 1.07 bits per heavy atom. The van der Waals surface area contributed by atoms with E-state index in [1.807, 2.05) is 55.5 Å². The first kappa shape index (κ1) is 19.3. The standard InChI is InChI=1S/C24H25N3O2/c1-2-20-24(27-22(29)13-9-16-6-4-3-5-7-16)26-21-12-10-18-14-17(15-28)8-11-19(18)23(21)25-20/h3-8,11,14,28H,2,9-10,12-13,15H2,1H3,(H,26,27,29). The Hall–Kier alpha value is -3.05. The Bertz CT molecular complexity index is 1030. The molecule has 0 unspecified atom stereocenters. The minimum absolute atomic E-state index is 0.0402. The number of rotatable bonds is 6. The van der Waals surface area contributed by atoms with Crippen molar-refractivity contribution in [2.75, 3.05) is 5.32 Å². The highest BCUT2D eigenvalue weighted by Crippen LogP contribution is 2.33. The number of fused-ring (bicyclic) bond motifs is 3. The SMILES string of the molecule is CCc1nc2c(nc1NC(=O)CCc1ccccc1)CCc1cc(CO)ccc1-2. The third-order valence-corrected chi connectivity index (χ3v) is 5.35. The molecule has 0 radical (unpaired) electrons. The maximum absolute atomic E-state index is 12.5. The van der Waals surface area contributed by atoms with E-state index in [-0.39, 0.29) is 12.5 Å². The minimum Gasteiger partial charge on any atom is -0.392 e. The molecular formula is C24H25N3O2. The van der Waals surface area contributed by atoms with Crippen molar-refractivity contribution in [3.63, 3.8) is 0 Å². The van der Waals surface area contributed by atoms with Gasteiger partial charge in [-0.2, -0.15) is 0 Å². The molecule has 3 aromatic rings. The van der Waals surface area contributed by atoms with E-state index in [0.717, 1.165) is 46.6 Å². The average molecular weight is 387 g/mol. The monoisotopic (exact) mass is 387 g/mol. The van der Waals surface area contributed by atoms with Crippen molar-refractivity contribution in [1.82, 2.24) is 9.97 Å². The summed E-state index contributed by atoms with van der Waals surface area (Å²) >= 11 is 0. The fourth-order valence-electron chi connectivity index (χ4n) is 3.77. The van der Waals surface area contributed by atoms with Crippen molar-refractivity contribution in [2.24, 2.45) is 0 Å². The number of carbonyl (C=O) groups excluding carboxylic acids is 1. The molecule has 0 atom stereocenters. The van der Waals surface area contributed by atoms with Gasteiger partial charge < -0.3 is 10.4 Å². The molecule has 29 heavy (non-hydrogen) atoms. The van der Waals surface area contributed by atoms with Crippen LogP contribution in [0.15, 0.2) is 48.5 Å². The zero-order valence-electron chi connectivity index (χ0n) is 16.6. The summed E-state index contributed by atoms with van der Waals surface area (Å²) in [5, 5.41) is 12.4. The van der Waals surface area contributed by atoms with E-state index in [2.05, 4.69) is 5.32 Å². The number of hydrogen-bond donors (Lipinski definition) is 2. The lowest BCUT2D eigenvalue weighted by molar-refractivity contribution is -0.116. The number of nitrogens with one attached hydrogen (secondary N) is 1. The summed E-state index contributed by atoms with van der Waals surface area (Å²) in [6, 6.07) is 16.0. The molecule has 0 spiro atoms. The fourth-order valence-corrected chi connectivity index (χ4v) is 3.77. The van der Waals surface area contributed by atoms with Crippen molar-refractivity contribution in [3.8, 4) is 11.3 Å². The Morgan fingerprint density at radius 2 is 1.90 bits per heavy atom. The van der Waals surface area contributed by atoms with Gasteiger partial charge in [-0.1, -0.05) is 55.5 Å². The maximum Gasteiger partial charge on any atom is 0.225 e. The molecule has 1 aromatic heterocycles. The average Bonchev–Trinajstić information content (AvgIpc) is 2.77. The van der Waals surface area contributed by atoms with E-state index in [1.54, 1.807) is 0 Å². The number of aryl methyl sites for hydroxylation is 4. The Balaban J connectivity index is 1.55. The van der Waals surface area contributed by atoms with E-state index in [0.29, 0.717) is 25.1 Å². The second-order valence-electron chi connectivity index (χ2n) is 7.35. The third-order valence-electron chi connectivity index (χ3n) is 5.35. The molecule has 5 nitrogen and oxygen atoms in total. The highest BCUT2D eigenvalue weighted by Gasteiger charge is 2.22. The van der Waals surface area contributed by atoms with Crippen LogP contribution in [-0.2, 0) is 37.1 Å². The summed E-state index contributed by atoms with van der Waals surface area (Å²) < 4.78 is 0. The summed E-state index contributed by atoms with van der Waals surface area (Å²) in [6.07, 6.45) is 3.45. The van der Waals surface area contributed by atoms with Gasteiger partial charge in [0.15, 0.2) is 5.82 Å². The number of nitrogens with zero attached hydrogens (tertiary/aromatic N) is 2. The lowest BCUT2D eigenvalue weighted by Crippen LogP contribution is -2.18. The first-order valence-electron chi connectivity index (χ1n) is 10.1. The lowest BCUT2D eigenvalue weighted by atomic mass is 9.90. The molecule has 0 saturated carbocycles. The Labute approximate surface area is 170 Å². The maximum atomic E-state index is 12.5. The van der Waals surface area contributed by atoms with Gasteiger partial charge in [0.1, 0.15) is 0 Å². The Morgan fingerprint density at radius 3 is 2.66 bits per heavy atom. The molecule has 0 bridgehead atoms. The van der Waals surface area contributed by atoms with Crippen molar-refractivity contribution in [3.05, 3.63) is 76.6 Å². The summed E-state index contributed by atoms with van der Waals surface area (Å²) in [6.45, 7) is 2.06. The van der Waals surface area contributed by atoms with Crippen LogP contribution in [0.2, 0.25) is 0 Å². The molecule has 4 rings (SSSR count). The molecule has 0 aliphatic heterocycles. The number of aromatic nitrogens is 2. The molecule has 1 heterocycles. The fraction of sp³-hybridized carbons (Fsp3) is 0.292. The number of benzene rings is 2. The number of amides is 1. The zero-order valence-corrected chi connectivity index (χ0v) is 16.6. The largest absolute Gasteiger partial charge is 0.392 e. The summed E-state index contributed by atoms with van der Waals surface area (Å²) in [5.41, 5.74) is 6.95. The Kier molecular flexibility index (Phi) is 5.67. The first-order chi connectivity index (χ1) is 14.2. The van der Waals surface area contributed by atoms with E-state index in [4.69, 9.17) is 9.97 Å². The van der Waals surface area contributed by atoms with Gasteiger partial charge in [0.25, 0.3) is 0 Å². The van der Waals surface area contributed by atoms with Crippen LogP contribution in [0.3, 0.4) is 0 Å². The summed E-state index contributed by atoms with van der Waals surface area (Å²) in [7, 11) is 0. The van der Waals surface area contributed by atoms with Gasteiger partial charge in [0, 0.05) is 12.0 Å². The van der Waals surface area contributed by atoms with Crippen molar-refractivity contribution in [1.29, 1.82) is 0 Å². The predicted molar refractivity (Wildman–Crippen MR) is 114 cm³/mol. The van der Waals surface area contributed by atoms with E-state index in [9.17, 15) is 9.90 Å². The zero-order chi connectivity index (χ0) is 20.2. The van der Waals surface area contributed by atoms with Crippen molar-refractivity contribution in [2.45, 2.75) is 45.6 Å². The van der Waals surface area contributed by atoms with Crippen LogP contribution < -0.4 is 5.32 Å². The first-order valence-corrected chi connectivity index (χ1v) is 10.1. The van der Waals surface area contributed by atoms with Gasteiger partial charge in [0.05, 0.1) is 23.7 Å². The van der Waals surface area contributed by atoms with Crippen LogP contribution in [0.1, 0.15) is 41.4 Å². The topological polar surface area (TPSA) is 75.1 Å². The minimum atomic E-state index is -0.0402. The summed E-state index contributed by atoms with van der Waals surface area (Å²) in [5.74, 6) is 0.543. The van der Waals surface area contributed by atoms with Crippen LogP contribution in [0.4, 0.5) is 5.82 Å². The molecule has 1 amide bonds. The third kappa shape index (κ3) is 4.20. The van der Waals surface area contributed by atoms with Gasteiger partial charge in [-0.25, -0.2) is 9.97 Å². The predicted octanol–water partition coefficient (Wildman–Crippen LogP) is 3.87. The quantitative estimate of drug-likeness (QED) is 0.673. The van der Waals surface area contributed by atoms with Gasteiger partial charge in [0.2, 0.25) is 5.91 Å². The van der Waals surface area contributed by atoms with E-state index in [1.165, 1.54) is 5.56 Å². The molecule has 1 aliphatic carbocycles. The van der Waals surface area contributed by atoms with Crippen LogP contribution in [0, 0.1) is 0 Å². The highest BCUT2D eigenvalue weighted by atomic mass is 16.3. The van der Waals surface area contributed by atoms with Crippen LogP contribution >= 0.6 is 0 Å². The lowest BCUT2D eigenvalue weighted by Gasteiger charge is -2.21. The number of aliphatic hydroxyl groups excluding tert-OH is 1. The normalized spacial score (nSPS) is 12.2. The molecule has 5 heteroatoms. The van der Waals surface area contributed by atoms with E-state index >= 15 is 0 Å². The molecule has 0 fully saturated rings. The molecule has 148 valence electrons. The second kappa shape index (κ2) is 8.53. The number of carbonyl (C=O) groups is 1. The van der Waals surface area contributed by atoms with Gasteiger partial charge in [-0.3, -0.25) is 4.79 Å². The van der Waals surface area contributed by atoms with Crippen LogP contribution in [0.5, 0.6) is 0 Å². The number of aliphatic hydroxyl groups is 1. The van der Waals surface area contributed by atoms with Crippen molar-refractivity contribution < 1.29 is 9.90 Å². The number of hydrogen-bond acceptors (Lipinski definition) is 4. The van der Waals surface area contributed by atoms with Crippen molar-refractivity contribution >= 4 is 11.7 Å².